The lowest BCUT2D eigenvalue weighted by atomic mass is 10.1. The highest BCUT2D eigenvalue weighted by Crippen LogP contribution is 2.33. The molecular formula is C25H26N2O4+2. The smallest absolute Gasteiger partial charge is 0.231 e. The summed E-state index contributed by atoms with van der Waals surface area (Å²) in [5.74, 6) is 2.06. The van der Waals surface area contributed by atoms with Gasteiger partial charge < -0.3 is 28.8 Å². The molecule has 0 bridgehead atoms. The summed E-state index contributed by atoms with van der Waals surface area (Å²) in [4.78, 5) is 3.08. The summed E-state index contributed by atoms with van der Waals surface area (Å²) in [6.45, 7) is 6.51. The third-order valence-electron chi connectivity index (χ3n) is 6.57. The van der Waals surface area contributed by atoms with Crippen molar-refractivity contribution in [2.45, 2.75) is 13.1 Å². The van der Waals surface area contributed by atoms with Crippen LogP contribution < -0.4 is 19.3 Å². The molecule has 3 N–H and O–H groups in total. The average molecular weight is 418 g/mol. The first-order valence-electron chi connectivity index (χ1n) is 10.9. The average Bonchev–Trinajstić information content (AvgIpc) is 3.39. The maximum absolute atomic E-state index is 10.7. The molecule has 0 amide bonds. The van der Waals surface area contributed by atoms with E-state index in [0.29, 0.717) is 12.5 Å². The third kappa shape index (κ3) is 3.48. The van der Waals surface area contributed by atoms with Gasteiger partial charge in [0.2, 0.25) is 6.79 Å². The van der Waals surface area contributed by atoms with E-state index in [4.69, 9.17) is 13.9 Å². The molecule has 0 saturated carbocycles. The zero-order chi connectivity index (χ0) is 20.8. The Labute approximate surface area is 180 Å². The Morgan fingerprint density at radius 2 is 1.52 bits per heavy atom. The number of phenolic OH excluding ortho intramolecular Hbond substituents is 1. The number of quaternary nitrogens is 2. The predicted molar refractivity (Wildman–Crippen MR) is 117 cm³/mol. The number of piperazine rings is 1. The summed E-state index contributed by atoms with van der Waals surface area (Å²) >= 11 is 0. The zero-order valence-electron chi connectivity index (χ0n) is 17.3. The maximum Gasteiger partial charge on any atom is 0.231 e. The number of hydrogen-bond donors (Lipinski definition) is 3. The highest BCUT2D eigenvalue weighted by atomic mass is 16.7. The van der Waals surface area contributed by atoms with Crippen LogP contribution in [0, 0.1) is 0 Å². The molecule has 0 unspecified atom stereocenters. The molecule has 2 aliphatic rings. The number of aromatic hydroxyl groups is 1. The summed E-state index contributed by atoms with van der Waals surface area (Å²) < 4.78 is 16.9. The van der Waals surface area contributed by atoms with Crippen molar-refractivity contribution < 1.29 is 28.8 Å². The fraction of sp³-hybridized carbons (Fsp3) is 0.280. The maximum atomic E-state index is 10.7. The van der Waals surface area contributed by atoms with Crippen LogP contribution in [0.5, 0.6) is 17.2 Å². The zero-order valence-corrected chi connectivity index (χ0v) is 17.3. The first kappa shape index (κ1) is 18.5. The number of benzene rings is 3. The van der Waals surface area contributed by atoms with Crippen molar-refractivity contribution >= 4 is 21.9 Å². The molecule has 6 rings (SSSR count). The second kappa shape index (κ2) is 7.48. The first-order valence-corrected chi connectivity index (χ1v) is 10.9. The van der Waals surface area contributed by atoms with Crippen molar-refractivity contribution in [1.29, 1.82) is 0 Å². The van der Waals surface area contributed by atoms with Gasteiger partial charge in [-0.1, -0.05) is 18.2 Å². The quantitative estimate of drug-likeness (QED) is 0.470. The van der Waals surface area contributed by atoms with Crippen LogP contribution in [0.1, 0.15) is 11.1 Å². The van der Waals surface area contributed by atoms with E-state index in [1.807, 2.05) is 42.5 Å². The predicted octanol–water partition coefficient (Wildman–Crippen LogP) is 1.50. The van der Waals surface area contributed by atoms with Gasteiger partial charge in [-0.15, -0.1) is 0 Å². The van der Waals surface area contributed by atoms with Crippen LogP contribution >= 0.6 is 0 Å². The van der Waals surface area contributed by atoms with Crippen LogP contribution in [-0.4, -0.2) is 38.1 Å². The largest absolute Gasteiger partial charge is 0.507 e. The van der Waals surface area contributed by atoms with E-state index in [1.165, 1.54) is 10.5 Å². The van der Waals surface area contributed by atoms with Crippen LogP contribution in [0.15, 0.2) is 59.0 Å². The van der Waals surface area contributed by atoms with E-state index < -0.39 is 0 Å². The minimum atomic E-state index is 0.320. The van der Waals surface area contributed by atoms with Crippen LogP contribution in [0.3, 0.4) is 0 Å². The van der Waals surface area contributed by atoms with Gasteiger partial charge in [0.05, 0.1) is 5.56 Å². The number of phenols is 1. The number of rotatable bonds is 4. The fourth-order valence-electron chi connectivity index (χ4n) is 4.86. The highest BCUT2D eigenvalue weighted by molar-refractivity contribution is 6.05. The molecular weight excluding hydrogens is 392 g/mol. The lowest BCUT2D eigenvalue weighted by Crippen LogP contribution is -3.27. The summed E-state index contributed by atoms with van der Waals surface area (Å²) in [6.07, 6.45) is 0. The Hall–Kier alpha value is -3.22. The number of para-hydroxylation sites is 1. The topological polar surface area (TPSA) is 60.7 Å². The Kier molecular flexibility index (Phi) is 4.47. The molecule has 6 heteroatoms. The molecule has 0 aliphatic carbocycles. The van der Waals surface area contributed by atoms with Gasteiger partial charge in [0, 0.05) is 16.3 Å². The number of nitrogens with one attached hydrogen (secondary N) is 2. The van der Waals surface area contributed by atoms with E-state index >= 15 is 0 Å². The lowest BCUT2D eigenvalue weighted by Gasteiger charge is -2.30. The molecule has 158 valence electrons. The van der Waals surface area contributed by atoms with Crippen LogP contribution in [0.25, 0.3) is 21.9 Å². The van der Waals surface area contributed by atoms with Gasteiger partial charge in [0.15, 0.2) is 11.5 Å². The fourth-order valence-corrected chi connectivity index (χ4v) is 4.86. The van der Waals surface area contributed by atoms with E-state index in [2.05, 4.69) is 12.1 Å². The monoisotopic (exact) mass is 418 g/mol. The van der Waals surface area contributed by atoms with Gasteiger partial charge in [-0.3, -0.25) is 0 Å². The molecule has 3 heterocycles. The standard InChI is InChI=1S/C25H24N2O4/c28-21-13-20-19-3-1-2-4-22(19)31-24(20)12-18(21)15-27-9-7-26(8-10-27)14-17-5-6-23-25(11-17)30-16-29-23/h1-6,11-13,28H,7-10,14-16H2/p+2. The van der Waals surface area contributed by atoms with E-state index in [-0.39, 0.29) is 0 Å². The normalized spacial score (nSPS) is 20.5. The van der Waals surface area contributed by atoms with Crippen molar-refractivity contribution in [1.82, 2.24) is 0 Å². The molecule has 1 saturated heterocycles. The van der Waals surface area contributed by atoms with Gasteiger partial charge >= 0.3 is 0 Å². The molecule has 3 aromatic carbocycles. The minimum absolute atomic E-state index is 0.320. The third-order valence-corrected chi connectivity index (χ3v) is 6.57. The number of fused-ring (bicyclic) bond motifs is 4. The Morgan fingerprint density at radius 3 is 2.39 bits per heavy atom. The van der Waals surface area contributed by atoms with E-state index in [9.17, 15) is 5.11 Å². The Morgan fingerprint density at radius 1 is 0.742 bits per heavy atom. The molecule has 0 radical (unpaired) electrons. The number of furan rings is 1. The Bertz CT molecular complexity index is 1260. The van der Waals surface area contributed by atoms with Crippen LogP contribution in [0.2, 0.25) is 0 Å². The van der Waals surface area contributed by atoms with Gasteiger partial charge in [-0.25, -0.2) is 0 Å². The van der Waals surface area contributed by atoms with Crippen molar-refractivity contribution in [2.75, 3.05) is 33.0 Å². The summed E-state index contributed by atoms with van der Waals surface area (Å²) in [7, 11) is 0. The molecule has 2 aliphatic heterocycles. The molecule has 6 nitrogen and oxygen atoms in total. The SMILES string of the molecule is Oc1cc2c(cc1C[NH+]1CC[NH+](Cc3ccc4c(c3)OCO4)CC1)oc1ccccc12. The van der Waals surface area contributed by atoms with Crippen LogP contribution in [0.4, 0.5) is 0 Å². The molecule has 31 heavy (non-hydrogen) atoms. The van der Waals surface area contributed by atoms with E-state index in [0.717, 1.165) is 78.3 Å². The van der Waals surface area contributed by atoms with Gasteiger partial charge in [-0.05, 0) is 36.4 Å². The van der Waals surface area contributed by atoms with Gasteiger partial charge in [0.25, 0.3) is 0 Å². The molecule has 4 aromatic rings. The second-order valence-corrected chi connectivity index (χ2v) is 8.62. The summed E-state index contributed by atoms with van der Waals surface area (Å²) in [5.41, 5.74) is 3.96. The molecule has 0 spiro atoms. The molecule has 1 aromatic heterocycles. The van der Waals surface area contributed by atoms with Crippen molar-refractivity contribution in [3.63, 3.8) is 0 Å². The number of hydrogen-bond acceptors (Lipinski definition) is 4. The first-order chi connectivity index (χ1) is 15.2. The van der Waals surface area contributed by atoms with Crippen molar-refractivity contribution in [2.24, 2.45) is 0 Å². The molecule has 1 fully saturated rings. The highest BCUT2D eigenvalue weighted by Gasteiger charge is 2.25. The van der Waals surface area contributed by atoms with Crippen molar-refractivity contribution in [3.8, 4) is 17.2 Å². The number of ether oxygens (including phenoxy) is 2. The lowest BCUT2D eigenvalue weighted by molar-refractivity contribution is -1.02. The van der Waals surface area contributed by atoms with Gasteiger partial charge in [0.1, 0.15) is 56.2 Å². The Balaban J connectivity index is 1.12. The summed E-state index contributed by atoms with van der Waals surface area (Å²) in [5, 5.41) is 12.7. The van der Waals surface area contributed by atoms with Crippen LogP contribution in [-0.2, 0) is 13.1 Å². The van der Waals surface area contributed by atoms with Crippen molar-refractivity contribution in [3.05, 3.63) is 65.7 Å². The molecule has 0 atom stereocenters. The minimum Gasteiger partial charge on any atom is -0.507 e. The van der Waals surface area contributed by atoms with E-state index in [1.54, 1.807) is 4.90 Å². The second-order valence-electron chi connectivity index (χ2n) is 8.62. The van der Waals surface area contributed by atoms with Gasteiger partial charge in [-0.2, -0.15) is 0 Å². The summed E-state index contributed by atoms with van der Waals surface area (Å²) in [6, 6.07) is 18.1.